The molecule has 0 heterocycles. The number of allylic oxidation sites excluding steroid dienone is 1. The summed E-state index contributed by atoms with van der Waals surface area (Å²) in [7, 11) is 0. The summed E-state index contributed by atoms with van der Waals surface area (Å²) in [4.78, 5) is 0. The number of hydrogen-bond acceptors (Lipinski definition) is 0. The summed E-state index contributed by atoms with van der Waals surface area (Å²) >= 11 is 0. The van der Waals surface area contributed by atoms with Crippen LogP contribution in [0.15, 0.2) is 54.6 Å². The van der Waals surface area contributed by atoms with Crippen LogP contribution < -0.4 is 0 Å². The molecule has 2 aliphatic rings. The smallest absolute Gasteiger partial charge is 0.00672 e. The molecule has 0 N–H and O–H groups in total. The molecule has 0 radical (unpaired) electrons. The summed E-state index contributed by atoms with van der Waals surface area (Å²) in [5.41, 5.74) is 9.15. The lowest BCUT2D eigenvalue weighted by Crippen LogP contribution is -2.10. The van der Waals surface area contributed by atoms with Crippen molar-refractivity contribution >= 4 is 16.8 Å². The van der Waals surface area contributed by atoms with E-state index in [0.29, 0.717) is 0 Å². The van der Waals surface area contributed by atoms with Gasteiger partial charge in [0, 0.05) is 0 Å². The van der Waals surface area contributed by atoms with Crippen molar-refractivity contribution in [2.45, 2.75) is 53.4 Å². The molecule has 0 heteroatoms. The van der Waals surface area contributed by atoms with E-state index >= 15 is 0 Å². The third kappa shape index (κ3) is 2.98. The zero-order valence-corrected chi connectivity index (χ0v) is 16.6. The summed E-state index contributed by atoms with van der Waals surface area (Å²) in [5, 5.41) is 2.85. The van der Waals surface area contributed by atoms with Gasteiger partial charge in [-0.1, -0.05) is 88.4 Å². The second kappa shape index (κ2) is 8.36. The molecular formula is C26H30. The molecular weight excluding hydrogens is 312 g/mol. The zero-order valence-electron chi connectivity index (χ0n) is 16.6. The molecule has 0 spiro atoms. The average Bonchev–Trinajstić information content (AvgIpc) is 2.76. The van der Waals surface area contributed by atoms with E-state index in [9.17, 15) is 0 Å². The number of aryl methyl sites for hydroxylation is 1. The minimum atomic E-state index is 1.18. The fourth-order valence-corrected chi connectivity index (χ4v) is 4.30. The Labute approximate surface area is 158 Å². The van der Waals surface area contributed by atoms with Gasteiger partial charge in [0.2, 0.25) is 0 Å². The third-order valence-electron chi connectivity index (χ3n) is 5.25. The molecule has 0 unspecified atom stereocenters. The topological polar surface area (TPSA) is 0 Å². The van der Waals surface area contributed by atoms with Crippen LogP contribution in [0, 0.1) is 0 Å². The van der Waals surface area contributed by atoms with E-state index in [1.165, 1.54) is 58.7 Å². The van der Waals surface area contributed by atoms with E-state index in [1.54, 1.807) is 11.1 Å². The molecule has 0 saturated heterocycles. The zero-order chi connectivity index (χ0) is 18.5. The van der Waals surface area contributed by atoms with Gasteiger partial charge in [0.15, 0.2) is 0 Å². The molecule has 0 nitrogen and oxygen atoms in total. The molecule has 0 aromatic heterocycles. The SMILES string of the molecule is C1=Cc2c(c3c(c4ccccc24)-c2ccccc2CC3)CC1.CC.CC. The van der Waals surface area contributed by atoms with E-state index < -0.39 is 0 Å². The number of hydrogen-bond donors (Lipinski definition) is 0. The lowest BCUT2D eigenvalue weighted by molar-refractivity contribution is 0.892. The van der Waals surface area contributed by atoms with Gasteiger partial charge < -0.3 is 0 Å². The predicted octanol–water partition coefficient (Wildman–Crippen LogP) is 7.62. The van der Waals surface area contributed by atoms with Crippen molar-refractivity contribution < 1.29 is 0 Å². The van der Waals surface area contributed by atoms with Gasteiger partial charge >= 0.3 is 0 Å². The highest BCUT2D eigenvalue weighted by Crippen LogP contribution is 2.44. The monoisotopic (exact) mass is 342 g/mol. The molecule has 2 aliphatic carbocycles. The highest BCUT2D eigenvalue weighted by Gasteiger charge is 2.24. The Morgan fingerprint density at radius 1 is 0.654 bits per heavy atom. The number of fused-ring (bicyclic) bond motifs is 8. The van der Waals surface area contributed by atoms with Crippen molar-refractivity contribution in [3.63, 3.8) is 0 Å². The fourth-order valence-electron chi connectivity index (χ4n) is 4.30. The lowest BCUT2D eigenvalue weighted by Gasteiger charge is -2.27. The van der Waals surface area contributed by atoms with Crippen molar-refractivity contribution in [1.29, 1.82) is 0 Å². The Bertz CT molecular complexity index is 928. The third-order valence-corrected chi connectivity index (χ3v) is 5.25. The fraction of sp³-hybridized carbons (Fsp3) is 0.308. The van der Waals surface area contributed by atoms with Crippen LogP contribution in [0.4, 0.5) is 0 Å². The van der Waals surface area contributed by atoms with Crippen LogP contribution in [-0.4, -0.2) is 0 Å². The first-order valence-corrected chi connectivity index (χ1v) is 10.2. The van der Waals surface area contributed by atoms with Gasteiger partial charge in [0.05, 0.1) is 0 Å². The summed E-state index contributed by atoms with van der Waals surface area (Å²) in [6, 6.07) is 17.9. The molecule has 0 saturated carbocycles. The van der Waals surface area contributed by atoms with E-state index in [4.69, 9.17) is 0 Å². The van der Waals surface area contributed by atoms with Crippen molar-refractivity contribution in [2.75, 3.05) is 0 Å². The standard InChI is InChI=1S/C22H18.2C2H6/c1-2-8-16-15(7-1)13-14-21-19-11-4-3-9-17(19)18-10-5-6-12-20(18)22(16)21;2*1-2/h1-3,5-10,12H,4,11,13-14H2;2*1-2H3. The maximum Gasteiger partial charge on any atom is -0.00672 e. The molecule has 26 heavy (non-hydrogen) atoms. The normalized spacial score (nSPS) is 13.4. The van der Waals surface area contributed by atoms with Crippen LogP contribution in [0.5, 0.6) is 0 Å². The summed E-state index contributed by atoms with van der Waals surface area (Å²) < 4.78 is 0. The highest BCUT2D eigenvalue weighted by molar-refractivity contribution is 6.05. The summed E-state index contributed by atoms with van der Waals surface area (Å²) in [6.07, 6.45) is 9.42. The Morgan fingerprint density at radius 2 is 1.35 bits per heavy atom. The van der Waals surface area contributed by atoms with Gasteiger partial charge in [-0.15, -0.1) is 0 Å². The van der Waals surface area contributed by atoms with Crippen molar-refractivity contribution in [3.05, 3.63) is 76.9 Å². The minimum Gasteiger partial charge on any atom is -0.0836 e. The molecule has 0 atom stereocenters. The van der Waals surface area contributed by atoms with E-state index in [1.807, 2.05) is 27.7 Å². The lowest BCUT2D eigenvalue weighted by atomic mass is 9.76. The van der Waals surface area contributed by atoms with Crippen molar-refractivity contribution in [1.82, 2.24) is 0 Å². The van der Waals surface area contributed by atoms with Crippen LogP contribution in [-0.2, 0) is 19.3 Å². The highest BCUT2D eigenvalue weighted by atomic mass is 14.3. The number of benzene rings is 3. The molecule has 0 bridgehead atoms. The van der Waals surface area contributed by atoms with Gasteiger partial charge in [-0.3, -0.25) is 0 Å². The predicted molar refractivity (Wildman–Crippen MR) is 117 cm³/mol. The van der Waals surface area contributed by atoms with Gasteiger partial charge in [-0.25, -0.2) is 0 Å². The van der Waals surface area contributed by atoms with Crippen LogP contribution >= 0.6 is 0 Å². The van der Waals surface area contributed by atoms with Gasteiger partial charge in [0.25, 0.3) is 0 Å². The van der Waals surface area contributed by atoms with E-state index in [-0.39, 0.29) is 0 Å². The molecule has 134 valence electrons. The minimum absolute atomic E-state index is 1.18. The van der Waals surface area contributed by atoms with E-state index in [0.717, 1.165) is 0 Å². The van der Waals surface area contributed by atoms with Crippen molar-refractivity contribution in [2.24, 2.45) is 0 Å². The Hall–Kier alpha value is -2.34. The Kier molecular flexibility index (Phi) is 5.93. The molecule has 0 aliphatic heterocycles. The second-order valence-electron chi connectivity index (χ2n) is 6.39. The van der Waals surface area contributed by atoms with Gasteiger partial charge in [0.1, 0.15) is 0 Å². The molecule has 3 aromatic carbocycles. The first-order valence-electron chi connectivity index (χ1n) is 10.2. The van der Waals surface area contributed by atoms with Gasteiger partial charge in [-0.05, 0) is 69.8 Å². The van der Waals surface area contributed by atoms with Crippen LogP contribution in [0.25, 0.3) is 28.0 Å². The Balaban J connectivity index is 0.000000461. The molecule has 0 fully saturated rings. The second-order valence-corrected chi connectivity index (χ2v) is 6.39. The van der Waals surface area contributed by atoms with Crippen LogP contribution in [0.1, 0.15) is 56.4 Å². The first kappa shape index (κ1) is 18.5. The summed E-state index contributed by atoms with van der Waals surface area (Å²) in [6.45, 7) is 8.00. The molecule has 5 rings (SSSR count). The largest absolute Gasteiger partial charge is 0.0836 e. The quantitative estimate of drug-likeness (QED) is 0.394. The maximum atomic E-state index is 2.35. The molecule has 0 amide bonds. The Morgan fingerprint density at radius 3 is 2.15 bits per heavy atom. The van der Waals surface area contributed by atoms with E-state index in [2.05, 4.69) is 60.7 Å². The summed E-state index contributed by atoms with van der Waals surface area (Å²) in [5.74, 6) is 0. The average molecular weight is 343 g/mol. The first-order chi connectivity index (χ1) is 12.9. The maximum absolute atomic E-state index is 2.35. The van der Waals surface area contributed by atoms with Crippen LogP contribution in [0.3, 0.4) is 0 Å². The molecule has 3 aromatic rings. The van der Waals surface area contributed by atoms with Crippen molar-refractivity contribution in [3.8, 4) is 11.1 Å². The van der Waals surface area contributed by atoms with Crippen LogP contribution in [0.2, 0.25) is 0 Å². The van der Waals surface area contributed by atoms with Gasteiger partial charge in [-0.2, -0.15) is 0 Å². The number of rotatable bonds is 0.